The number of carbonyl (C=O) groups excluding carboxylic acids is 1. The van der Waals surface area contributed by atoms with E-state index in [9.17, 15) is 4.79 Å². The van der Waals surface area contributed by atoms with E-state index in [1.54, 1.807) is 13.2 Å². The Morgan fingerprint density at radius 2 is 2.22 bits per heavy atom. The molecule has 0 saturated heterocycles. The van der Waals surface area contributed by atoms with Gasteiger partial charge in [0.2, 0.25) is 5.91 Å². The molecule has 1 amide bonds. The standard InChI is InChI=1S/C15H15NO2/c1-11(17)16-8-2-4-12-6-7-13(10-14(12)16)15-5-3-9-18-15/h3,5-7,9-10H,2,4,8H2,1H3. The zero-order valence-electron chi connectivity index (χ0n) is 10.3. The maximum absolute atomic E-state index is 11.7. The molecule has 0 fully saturated rings. The summed E-state index contributed by atoms with van der Waals surface area (Å²) in [5, 5.41) is 0. The molecule has 0 unspecified atom stereocenters. The fourth-order valence-electron chi connectivity index (χ4n) is 2.50. The first-order valence-corrected chi connectivity index (χ1v) is 6.20. The van der Waals surface area contributed by atoms with Gasteiger partial charge in [0.15, 0.2) is 0 Å². The van der Waals surface area contributed by atoms with Gasteiger partial charge >= 0.3 is 0 Å². The summed E-state index contributed by atoms with van der Waals surface area (Å²) >= 11 is 0. The average molecular weight is 241 g/mol. The highest BCUT2D eigenvalue weighted by atomic mass is 16.3. The molecular formula is C15H15NO2. The van der Waals surface area contributed by atoms with E-state index < -0.39 is 0 Å². The number of nitrogens with zero attached hydrogens (tertiary/aromatic N) is 1. The number of hydrogen-bond donors (Lipinski definition) is 0. The van der Waals surface area contributed by atoms with Crippen LogP contribution in [-0.4, -0.2) is 12.5 Å². The van der Waals surface area contributed by atoms with Crippen molar-refractivity contribution in [3.05, 3.63) is 42.2 Å². The second-order valence-corrected chi connectivity index (χ2v) is 4.60. The minimum Gasteiger partial charge on any atom is -0.464 e. The average Bonchev–Trinajstić information content (AvgIpc) is 2.91. The lowest BCUT2D eigenvalue weighted by Gasteiger charge is -2.28. The van der Waals surface area contributed by atoms with Crippen molar-refractivity contribution in [1.29, 1.82) is 0 Å². The van der Waals surface area contributed by atoms with Gasteiger partial charge in [-0.3, -0.25) is 4.79 Å². The zero-order chi connectivity index (χ0) is 12.5. The second kappa shape index (κ2) is 4.33. The van der Waals surface area contributed by atoms with Gasteiger partial charge in [-0.1, -0.05) is 12.1 Å². The Hall–Kier alpha value is -2.03. The molecule has 2 aromatic rings. The van der Waals surface area contributed by atoms with Crippen LogP contribution in [-0.2, 0) is 11.2 Å². The van der Waals surface area contributed by atoms with Crippen LogP contribution >= 0.6 is 0 Å². The summed E-state index contributed by atoms with van der Waals surface area (Å²) in [6, 6.07) is 10.0. The summed E-state index contributed by atoms with van der Waals surface area (Å²) in [6.45, 7) is 2.43. The van der Waals surface area contributed by atoms with Gasteiger partial charge in [0.25, 0.3) is 0 Å². The molecule has 18 heavy (non-hydrogen) atoms. The zero-order valence-corrected chi connectivity index (χ0v) is 10.3. The Bertz CT molecular complexity index is 572. The minimum absolute atomic E-state index is 0.104. The Morgan fingerprint density at radius 1 is 1.33 bits per heavy atom. The molecule has 3 nitrogen and oxygen atoms in total. The molecule has 0 N–H and O–H groups in total. The van der Waals surface area contributed by atoms with E-state index >= 15 is 0 Å². The van der Waals surface area contributed by atoms with Gasteiger partial charge in [0, 0.05) is 24.7 Å². The Kier molecular flexibility index (Phi) is 2.67. The van der Waals surface area contributed by atoms with E-state index in [-0.39, 0.29) is 5.91 Å². The Labute approximate surface area is 106 Å². The third-order valence-corrected chi connectivity index (χ3v) is 3.39. The van der Waals surface area contributed by atoms with Gasteiger partial charge in [-0.15, -0.1) is 0 Å². The first-order valence-electron chi connectivity index (χ1n) is 6.20. The number of rotatable bonds is 1. The van der Waals surface area contributed by atoms with Crippen molar-refractivity contribution in [2.75, 3.05) is 11.4 Å². The van der Waals surface area contributed by atoms with Gasteiger partial charge in [-0.05, 0) is 36.6 Å². The number of amides is 1. The third-order valence-electron chi connectivity index (χ3n) is 3.39. The molecule has 1 aliphatic heterocycles. The van der Waals surface area contributed by atoms with Crippen LogP contribution < -0.4 is 4.90 Å². The summed E-state index contributed by atoms with van der Waals surface area (Å²) in [6.07, 6.45) is 3.74. The smallest absolute Gasteiger partial charge is 0.223 e. The first kappa shape index (κ1) is 11.1. The van der Waals surface area contributed by atoms with Crippen LogP contribution in [0.4, 0.5) is 5.69 Å². The lowest BCUT2D eigenvalue weighted by atomic mass is 9.99. The number of benzene rings is 1. The van der Waals surface area contributed by atoms with Crippen LogP contribution in [0.3, 0.4) is 0 Å². The summed E-state index contributed by atoms with van der Waals surface area (Å²) in [7, 11) is 0. The summed E-state index contributed by atoms with van der Waals surface area (Å²) < 4.78 is 5.40. The maximum Gasteiger partial charge on any atom is 0.223 e. The molecule has 0 radical (unpaired) electrons. The molecule has 2 heterocycles. The number of aryl methyl sites for hydroxylation is 1. The van der Waals surface area contributed by atoms with Crippen molar-refractivity contribution in [1.82, 2.24) is 0 Å². The third kappa shape index (κ3) is 1.82. The van der Waals surface area contributed by atoms with Gasteiger partial charge in [-0.2, -0.15) is 0 Å². The number of hydrogen-bond acceptors (Lipinski definition) is 2. The van der Waals surface area contributed by atoms with E-state index in [0.29, 0.717) is 0 Å². The molecule has 0 atom stereocenters. The van der Waals surface area contributed by atoms with Gasteiger partial charge in [-0.25, -0.2) is 0 Å². The summed E-state index contributed by atoms with van der Waals surface area (Å²) in [5.74, 6) is 0.944. The summed E-state index contributed by atoms with van der Waals surface area (Å²) in [5.41, 5.74) is 3.29. The van der Waals surface area contributed by atoms with E-state index in [2.05, 4.69) is 18.2 Å². The minimum atomic E-state index is 0.104. The van der Waals surface area contributed by atoms with Crippen molar-refractivity contribution >= 4 is 11.6 Å². The van der Waals surface area contributed by atoms with Crippen LogP contribution in [0, 0.1) is 0 Å². The number of anilines is 1. The fraction of sp³-hybridized carbons (Fsp3) is 0.267. The lowest BCUT2D eigenvalue weighted by molar-refractivity contribution is -0.116. The molecule has 0 bridgehead atoms. The SMILES string of the molecule is CC(=O)N1CCCc2ccc(-c3ccco3)cc21. The van der Waals surface area contributed by atoms with Crippen LogP contribution in [0.25, 0.3) is 11.3 Å². The highest BCUT2D eigenvalue weighted by Crippen LogP contribution is 2.32. The highest BCUT2D eigenvalue weighted by molar-refractivity contribution is 5.93. The van der Waals surface area contributed by atoms with E-state index in [1.165, 1.54) is 5.56 Å². The van der Waals surface area contributed by atoms with Gasteiger partial charge in [0.1, 0.15) is 5.76 Å². The Morgan fingerprint density at radius 3 is 2.94 bits per heavy atom. The van der Waals surface area contributed by atoms with Crippen LogP contribution in [0.1, 0.15) is 18.9 Å². The lowest BCUT2D eigenvalue weighted by Crippen LogP contribution is -2.33. The van der Waals surface area contributed by atoms with Crippen molar-refractivity contribution in [2.45, 2.75) is 19.8 Å². The molecule has 0 aliphatic carbocycles. The number of furan rings is 1. The predicted molar refractivity (Wildman–Crippen MR) is 70.5 cm³/mol. The van der Waals surface area contributed by atoms with E-state index in [1.807, 2.05) is 17.0 Å². The maximum atomic E-state index is 11.7. The predicted octanol–water partition coefficient (Wildman–Crippen LogP) is 3.25. The number of carbonyl (C=O) groups is 1. The molecule has 3 heteroatoms. The largest absolute Gasteiger partial charge is 0.464 e. The molecular weight excluding hydrogens is 226 g/mol. The van der Waals surface area contributed by atoms with E-state index in [0.717, 1.165) is 36.4 Å². The first-order chi connectivity index (χ1) is 8.75. The Balaban J connectivity index is 2.07. The normalized spacial score (nSPS) is 14.4. The quantitative estimate of drug-likeness (QED) is 0.768. The molecule has 1 aromatic carbocycles. The summed E-state index contributed by atoms with van der Waals surface area (Å²) in [4.78, 5) is 13.5. The molecule has 0 saturated carbocycles. The van der Waals surface area contributed by atoms with Crippen LogP contribution in [0.2, 0.25) is 0 Å². The molecule has 92 valence electrons. The van der Waals surface area contributed by atoms with Crippen LogP contribution in [0.15, 0.2) is 41.0 Å². The van der Waals surface area contributed by atoms with Crippen molar-refractivity contribution < 1.29 is 9.21 Å². The van der Waals surface area contributed by atoms with Gasteiger partial charge < -0.3 is 9.32 Å². The van der Waals surface area contributed by atoms with E-state index in [4.69, 9.17) is 4.42 Å². The molecule has 1 aromatic heterocycles. The highest BCUT2D eigenvalue weighted by Gasteiger charge is 2.20. The molecule has 1 aliphatic rings. The van der Waals surface area contributed by atoms with Crippen molar-refractivity contribution in [3.63, 3.8) is 0 Å². The fourth-order valence-corrected chi connectivity index (χ4v) is 2.50. The second-order valence-electron chi connectivity index (χ2n) is 4.60. The molecule has 0 spiro atoms. The topological polar surface area (TPSA) is 33.5 Å². The monoisotopic (exact) mass is 241 g/mol. The van der Waals surface area contributed by atoms with Crippen LogP contribution in [0.5, 0.6) is 0 Å². The van der Waals surface area contributed by atoms with Crippen molar-refractivity contribution in [2.24, 2.45) is 0 Å². The molecule has 3 rings (SSSR count). The van der Waals surface area contributed by atoms with Gasteiger partial charge in [0.05, 0.1) is 6.26 Å². The number of fused-ring (bicyclic) bond motifs is 1. The van der Waals surface area contributed by atoms with Crippen molar-refractivity contribution in [3.8, 4) is 11.3 Å².